The summed E-state index contributed by atoms with van der Waals surface area (Å²) in [4.78, 5) is 3.22. The van der Waals surface area contributed by atoms with E-state index in [0.29, 0.717) is 6.07 Å². The molecule has 0 aromatic carbocycles. The van der Waals surface area contributed by atoms with Crippen LogP contribution in [0.3, 0.4) is 0 Å². The molecule has 0 radical (unpaired) electrons. The van der Waals surface area contributed by atoms with E-state index < -0.39 is 42.2 Å². The fourth-order valence-corrected chi connectivity index (χ4v) is 1.09. The van der Waals surface area contributed by atoms with Gasteiger partial charge in [0.15, 0.2) is 11.6 Å². The van der Waals surface area contributed by atoms with Gasteiger partial charge in [-0.25, -0.2) is 13.8 Å². The quantitative estimate of drug-likeness (QED) is 0.813. The third-order valence-corrected chi connectivity index (χ3v) is 1.74. The number of nitrogen functional groups attached to an aromatic ring is 1. The molecule has 0 aliphatic carbocycles. The van der Waals surface area contributed by atoms with Crippen LogP contribution in [0.25, 0.3) is 0 Å². The van der Waals surface area contributed by atoms with E-state index in [1.807, 2.05) is 0 Å². The third kappa shape index (κ3) is 3.41. The lowest BCUT2D eigenvalue weighted by molar-refractivity contribution is -0.274. The van der Waals surface area contributed by atoms with Gasteiger partial charge >= 0.3 is 6.36 Å². The van der Waals surface area contributed by atoms with Crippen molar-refractivity contribution in [2.75, 3.05) is 5.73 Å². The van der Waals surface area contributed by atoms with Crippen LogP contribution in [0, 0.1) is 0 Å². The molecule has 17 heavy (non-hydrogen) atoms. The highest BCUT2D eigenvalue weighted by molar-refractivity contribution is 5.49. The molecule has 96 valence electrons. The summed E-state index contributed by atoms with van der Waals surface area (Å²) >= 11 is 0. The molecule has 4 nitrogen and oxygen atoms in total. The summed E-state index contributed by atoms with van der Waals surface area (Å²) in [5, 5.41) is 8.70. The first-order chi connectivity index (χ1) is 7.74. The Balaban J connectivity index is 3.20. The molecule has 0 spiro atoms. The van der Waals surface area contributed by atoms with Gasteiger partial charge in [0.25, 0.3) is 6.43 Å². The van der Waals surface area contributed by atoms with Crippen LogP contribution in [0.1, 0.15) is 17.7 Å². The maximum absolute atomic E-state index is 12.4. The molecule has 1 rings (SSSR count). The number of nitrogens with zero attached hydrogens (tertiary/aromatic N) is 1. The van der Waals surface area contributed by atoms with Gasteiger partial charge < -0.3 is 15.6 Å². The van der Waals surface area contributed by atoms with E-state index in [4.69, 9.17) is 10.8 Å². The predicted octanol–water partition coefficient (Wildman–Crippen LogP) is 1.99. The minimum Gasteiger partial charge on any atom is -0.402 e. The zero-order chi connectivity index (χ0) is 13.2. The van der Waals surface area contributed by atoms with E-state index in [1.165, 1.54) is 0 Å². The Morgan fingerprint density at radius 2 is 2.00 bits per heavy atom. The largest absolute Gasteiger partial charge is 0.573 e. The highest BCUT2D eigenvalue weighted by Crippen LogP contribution is 2.32. The molecule has 0 saturated carbocycles. The zero-order valence-electron chi connectivity index (χ0n) is 8.13. The standard InChI is InChI=1S/C8H7F5N2O2/c9-6(10)3-1-5(17-8(11,12)13)7(14)15-4(3)2-16/h1,6,16H,2H2,(H2,14,15). The first kappa shape index (κ1) is 13.4. The second-order valence-electron chi connectivity index (χ2n) is 2.91. The van der Waals surface area contributed by atoms with Crippen molar-refractivity contribution in [2.45, 2.75) is 19.4 Å². The van der Waals surface area contributed by atoms with Crippen molar-refractivity contribution in [3.63, 3.8) is 0 Å². The lowest BCUT2D eigenvalue weighted by Gasteiger charge is -2.13. The molecule has 0 fully saturated rings. The summed E-state index contributed by atoms with van der Waals surface area (Å²) in [6.07, 6.45) is -8.16. The molecule has 0 unspecified atom stereocenters. The molecule has 0 aliphatic heterocycles. The van der Waals surface area contributed by atoms with Crippen molar-refractivity contribution in [1.29, 1.82) is 0 Å². The molecule has 0 atom stereocenters. The molecule has 1 aromatic heterocycles. The third-order valence-electron chi connectivity index (χ3n) is 1.74. The van der Waals surface area contributed by atoms with Gasteiger partial charge in [0, 0.05) is 5.56 Å². The fourth-order valence-electron chi connectivity index (χ4n) is 1.09. The van der Waals surface area contributed by atoms with E-state index in [1.54, 1.807) is 0 Å². The van der Waals surface area contributed by atoms with Gasteiger partial charge in [-0.2, -0.15) is 0 Å². The van der Waals surface area contributed by atoms with Crippen LogP contribution >= 0.6 is 0 Å². The van der Waals surface area contributed by atoms with Crippen molar-refractivity contribution < 1.29 is 31.8 Å². The number of nitrogens with two attached hydrogens (primary N) is 1. The molecule has 3 N–H and O–H groups in total. The topological polar surface area (TPSA) is 68.4 Å². The number of halogens is 5. The van der Waals surface area contributed by atoms with Crippen molar-refractivity contribution in [3.05, 3.63) is 17.3 Å². The van der Waals surface area contributed by atoms with Crippen LogP contribution in [0.15, 0.2) is 6.07 Å². The predicted molar refractivity (Wildman–Crippen MR) is 46.2 cm³/mol. The monoisotopic (exact) mass is 258 g/mol. The highest BCUT2D eigenvalue weighted by atomic mass is 19.4. The van der Waals surface area contributed by atoms with Crippen LogP contribution in [0.5, 0.6) is 5.75 Å². The van der Waals surface area contributed by atoms with Crippen molar-refractivity contribution in [3.8, 4) is 5.75 Å². The minimum absolute atomic E-state index is 0.409. The summed E-state index contributed by atoms with van der Waals surface area (Å²) in [7, 11) is 0. The number of rotatable bonds is 3. The second-order valence-corrected chi connectivity index (χ2v) is 2.91. The Bertz CT molecular complexity index is 408. The van der Waals surface area contributed by atoms with Crippen molar-refractivity contribution in [1.82, 2.24) is 4.98 Å². The number of hydrogen-bond acceptors (Lipinski definition) is 4. The Morgan fingerprint density at radius 3 is 2.41 bits per heavy atom. The van der Waals surface area contributed by atoms with Gasteiger partial charge in [-0.3, -0.25) is 0 Å². The van der Waals surface area contributed by atoms with Crippen LogP contribution in [0.4, 0.5) is 27.8 Å². The number of aliphatic hydroxyl groups excluding tert-OH is 1. The number of ether oxygens (including phenoxy) is 1. The number of aliphatic hydroxyl groups is 1. The first-order valence-electron chi connectivity index (χ1n) is 4.18. The molecule has 1 heterocycles. The number of alkyl halides is 5. The summed E-state index contributed by atoms with van der Waals surface area (Å²) in [5.41, 5.74) is 3.73. The molecule has 0 saturated heterocycles. The van der Waals surface area contributed by atoms with Gasteiger partial charge in [0.05, 0.1) is 12.3 Å². The Hall–Kier alpha value is -1.64. The van der Waals surface area contributed by atoms with E-state index in [-0.39, 0.29) is 0 Å². The Labute approximate surface area is 91.8 Å². The van der Waals surface area contributed by atoms with E-state index in [2.05, 4.69) is 9.72 Å². The number of hydrogen-bond donors (Lipinski definition) is 2. The average molecular weight is 258 g/mol. The summed E-state index contributed by atoms with van der Waals surface area (Å²) in [5.74, 6) is -1.75. The zero-order valence-corrected chi connectivity index (χ0v) is 8.13. The molecular weight excluding hydrogens is 251 g/mol. The average Bonchev–Trinajstić information content (AvgIpc) is 2.18. The second kappa shape index (κ2) is 4.70. The normalized spacial score (nSPS) is 11.9. The molecule has 0 bridgehead atoms. The SMILES string of the molecule is Nc1nc(CO)c(C(F)F)cc1OC(F)(F)F. The number of anilines is 1. The molecule has 0 amide bonds. The highest BCUT2D eigenvalue weighted by Gasteiger charge is 2.33. The maximum Gasteiger partial charge on any atom is 0.573 e. The fraction of sp³-hybridized carbons (Fsp3) is 0.375. The summed E-state index contributed by atoms with van der Waals surface area (Å²) in [6.45, 7) is -0.865. The lowest BCUT2D eigenvalue weighted by atomic mass is 10.2. The first-order valence-corrected chi connectivity index (χ1v) is 4.18. The number of aromatic nitrogens is 1. The maximum atomic E-state index is 12.4. The summed E-state index contributed by atoms with van der Waals surface area (Å²) in [6, 6.07) is 0.409. The van der Waals surface area contributed by atoms with Gasteiger partial charge in [-0.15, -0.1) is 13.2 Å². The Kier molecular flexibility index (Phi) is 3.71. The van der Waals surface area contributed by atoms with E-state index in [0.717, 1.165) is 0 Å². The Morgan fingerprint density at radius 1 is 1.41 bits per heavy atom. The minimum atomic E-state index is -5.06. The van der Waals surface area contributed by atoms with Crippen LogP contribution in [-0.4, -0.2) is 16.5 Å². The van der Waals surface area contributed by atoms with E-state index in [9.17, 15) is 22.0 Å². The molecular formula is C8H7F5N2O2. The van der Waals surface area contributed by atoms with Crippen LogP contribution in [-0.2, 0) is 6.61 Å². The van der Waals surface area contributed by atoms with Crippen molar-refractivity contribution in [2.24, 2.45) is 0 Å². The molecule has 9 heteroatoms. The smallest absolute Gasteiger partial charge is 0.402 e. The molecule has 0 aliphatic rings. The summed E-state index contributed by atoms with van der Waals surface area (Å²) < 4.78 is 64.0. The number of pyridine rings is 1. The van der Waals surface area contributed by atoms with Crippen molar-refractivity contribution >= 4 is 5.82 Å². The van der Waals surface area contributed by atoms with Crippen LogP contribution in [0.2, 0.25) is 0 Å². The van der Waals surface area contributed by atoms with Gasteiger partial charge in [0.1, 0.15) is 0 Å². The van der Waals surface area contributed by atoms with Crippen LogP contribution < -0.4 is 10.5 Å². The van der Waals surface area contributed by atoms with Gasteiger partial charge in [0.2, 0.25) is 0 Å². The van der Waals surface area contributed by atoms with Gasteiger partial charge in [-0.1, -0.05) is 0 Å². The van der Waals surface area contributed by atoms with E-state index >= 15 is 0 Å². The van der Waals surface area contributed by atoms with Gasteiger partial charge in [-0.05, 0) is 6.07 Å². The molecule has 1 aromatic rings. The lowest BCUT2D eigenvalue weighted by Crippen LogP contribution is -2.19.